The Balaban J connectivity index is 1.45. The molecule has 7 nitrogen and oxygen atoms in total. The average Bonchev–Trinajstić information content (AvgIpc) is 2.96. The van der Waals surface area contributed by atoms with E-state index in [1.165, 1.54) is 19.3 Å². The van der Waals surface area contributed by atoms with Crippen LogP contribution in [-0.4, -0.2) is 36.8 Å². The molecule has 1 aliphatic carbocycles. The molecule has 196 valence electrons. The topological polar surface area (TPSA) is 94.5 Å². The van der Waals surface area contributed by atoms with Crippen LogP contribution < -0.4 is 14.2 Å². The van der Waals surface area contributed by atoms with E-state index >= 15 is 0 Å². The van der Waals surface area contributed by atoms with Crippen LogP contribution in [0.2, 0.25) is 0 Å². The number of rotatable bonds is 4. The summed E-state index contributed by atoms with van der Waals surface area (Å²) in [6.07, 6.45) is 5.18. The number of phenolic OH excluding ortho intramolecular Hbond substituents is 1. The second-order valence-corrected chi connectivity index (χ2v) is 9.50. The van der Waals surface area contributed by atoms with Crippen LogP contribution in [0, 0.1) is 0 Å². The van der Waals surface area contributed by atoms with Gasteiger partial charge in [0.25, 0.3) is 0 Å². The molecular formula is C32H26O7. The fourth-order valence-electron chi connectivity index (χ4n) is 5.16. The van der Waals surface area contributed by atoms with Crippen molar-refractivity contribution in [3.05, 3.63) is 124 Å². The lowest BCUT2D eigenvalue weighted by atomic mass is 9.86. The summed E-state index contributed by atoms with van der Waals surface area (Å²) in [5.74, 6) is 1.86. The lowest BCUT2D eigenvalue weighted by Gasteiger charge is -2.30. The summed E-state index contributed by atoms with van der Waals surface area (Å²) in [7, 11) is 3.04. The molecular weight excluding hydrogens is 496 g/mol. The van der Waals surface area contributed by atoms with Gasteiger partial charge in [0.1, 0.15) is 34.5 Å². The number of benzene rings is 3. The number of ketones is 1. The molecule has 0 spiro atoms. The summed E-state index contributed by atoms with van der Waals surface area (Å²) in [5, 5.41) is 20.8. The molecule has 39 heavy (non-hydrogen) atoms. The van der Waals surface area contributed by atoms with Crippen LogP contribution in [0.15, 0.2) is 102 Å². The second kappa shape index (κ2) is 9.76. The summed E-state index contributed by atoms with van der Waals surface area (Å²) >= 11 is 0. The van der Waals surface area contributed by atoms with Crippen molar-refractivity contribution in [2.45, 2.75) is 12.3 Å². The van der Waals surface area contributed by atoms with Gasteiger partial charge in [0.2, 0.25) is 5.78 Å². The quantitative estimate of drug-likeness (QED) is 0.450. The third-order valence-electron chi connectivity index (χ3n) is 7.16. The van der Waals surface area contributed by atoms with E-state index in [0.29, 0.717) is 47.4 Å². The van der Waals surface area contributed by atoms with Crippen LogP contribution in [0.3, 0.4) is 0 Å². The number of aliphatic hydroxyl groups is 1. The highest BCUT2D eigenvalue weighted by atomic mass is 16.5. The largest absolute Gasteiger partial charge is 0.508 e. The van der Waals surface area contributed by atoms with Crippen LogP contribution >= 0.6 is 0 Å². The van der Waals surface area contributed by atoms with Gasteiger partial charge in [0, 0.05) is 35.3 Å². The maximum atomic E-state index is 12.0. The zero-order valence-corrected chi connectivity index (χ0v) is 21.4. The van der Waals surface area contributed by atoms with Gasteiger partial charge in [0.15, 0.2) is 5.76 Å². The number of hydrogen-bond acceptors (Lipinski definition) is 7. The Morgan fingerprint density at radius 1 is 0.897 bits per heavy atom. The van der Waals surface area contributed by atoms with Gasteiger partial charge in [-0.1, -0.05) is 36.4 Å². The highest BCUT2D eigenvalue weighted by molar-refractivity contribution is 6.05. The Bertz CT molecular complexity index is 1610. The molecule has 0 radical (unpaired) electrons. The van der Waals surface area contributed by atoms with E-state index in [4.69, 9.17) is 18.9 Å². The number of ether oxygens (including phenoxy) is 4. The van der Waals surface area contributed by atoms with E-state index in [1.54, 1.807) is 13.2 Å². The lowest BCUT2D eigenvalue weighted by Crippen LogP contribution is -2.20. The zero-order chi connectivity index (χ0) is 27.1. The molecule has 1 atom stereocenters. The van der Waals surface area contributed by atoms with Gasteiger partial charge >= 0.3 is 0 Å². The van der Waals surface area contributed by atoms with Crippen molar-refractivity contribution < 1.29 is 34.0 Å². The van der Waals surface area contributed by atoms with Gasteiger partial charge in [-0.15, -0.1) is 0 Å². The Kier molecular flexibility index (Phi) is 6.11. The van der Waals surface area contributed by atoms with E-state index in [0.717, 1.165) is 27.8 Å². The molecule has 3 aliphatic rings. The average molecular weight is 523 g/mol. The van der Waals surface area contributed by atoms with Gasteiger partial charge in [-0.25, -0.2) is 0 Å². The van der Waals surface area contributed by atoms with Gasteiger partial charge in [-0.05, 0) is 47.4 Å². The van der Waals surface area contributed by atoms with Crippen molar-refractivity contribution in [3.8, 4) is 23.0 Å². The minimum atomic E-state index is -0.528. The SMILES string of the molecule is COC1=CC(=O)C(O)=CC1=C1C=C(c2ccccc2)c2cc3c(cc2O1)OCC(c1ccc(OC)cc1O)C3. The van der Waals surface area contributed by atoms with E-state index in [9.17, 15) is 15.0 Å². The van der Waals surface area contributed by atoms with Crippen molar-refractivity contribution in [3.63, 3.8) is 0 Å². The third-order valence-corrected chi connectivity index (χ3v) is 7.16. The Morgan fingerprint density at radius 3 is 2.46 bits per heavy atom. The van der Waals surface area contributed by atoms with Crippen LogP contribution in [-0.2, 0) is 16.0 Å². The van der Waals surface area contributed by atoms with Crippen molar-refractivity contribution in [2.24, 2.45) is 0 Å². The van der Waals surface area contributed by atoms with Crippen LogP contribution in [0.25, 0.3) is 5.57 Å². The first-order valence-electron chi connectivity index (χ1n) is 12.5. The summed E-state index contributed by atoms with van der Waals surface area (Å²) in [4.78, 5) is 12.0. The number of aromatic hydroxyl groups is 1. The monoisotopic (exact) mass is 522 g/mol. The minimum Gasteiger partial charge on any atom is -0.508 e. The fraction of sp³-hybridized carbons (Fsp3) is 0.156. The van der Waals surface area contributed by atoms with Crippen LogP contribution in [0.5, 0.6) is 23.0 Å². The Morgan fingerprint density at radius 2 is 1.72 bits per heavy atom. The summed E-state index contributed by atoms with van der Waals surface area (Å²) in [6, 6.07) is 19.2. The van der Waals surface area contributed by atoms with Gasteiger partial charge in [0.05, 0.1) is 26.4 Å². The molecule has 0 bridgehead atoms. The van der Waals surface area contributed by atoms with Gasteiger partial charge in [-0.3, -0.25) is 4.79 Å². The smallest absolute Gasteiger partial charge is 0.223 e. The van der Waals surface area contributed by atoms with Gasteiger partial charge < -0.3 is 29.2 Å². The molecule has 2 aliphatic heterocycles. The Hall–Kier alpha value is -4.91. The number of methoxy groups -OCH3 is 2. The van der Waals surface area contributed by atoms with E-state index in [2.05, 4.69) is 6.07 Å². The number of carbonyl (C=O) groups excluding carboxylic acids is 1. The van der Waals surface area contributed by atoms with E-state index in [1.807, 2.05) is 54.6 Å². The van der Waals surface area contributed by atoms with Crippen molar-refractivity contribution >= 4 is 11.4 Å². The van der Waals surface area contributed by atoms with Gasteiger partial charge in [-0.2, -0.15) is 0 Å². The molecule has 0 saturated carbocycles. The van der Waals surface area contributed by atoms with Crippen molar-refractivity contribution in [1.29, 1.82) is 0 Å². The highest BCUT2D eigenvalue weighted by Crippen LogP contribution is 2.45. The molecule has 2 heterocycles. The maximum absolute atomic E-state index is 12.0. The maximum Gasteiger partial charge on any atom is 0.223 e. The molecule has 0 aromatic heterocycles. The molecule has 0 saturated heterocycles. The molecule has 3 aromatic rings. The number of allylic oxidation sites excluding steroid dienone is 3. The second-order valence-electron chi connectivity index (χ2n) is 9.50. The number of fused-ring (bicyclic) bond motifs is 2. The third kappa shape index (κ3) is 4.42. The molecule has 1 unspecified atom stereocenters. The molecule has 7 heteroatoms. The number of carbonyl (C=O) groups is 1. The predicted molar refractivity (Wildman–Crippen MR) is 145 cm³/mol. The normalized spacial score (nSPS) is 19.9. The number of aliphatic hydroxyl groups excluding tert-OH is 1. The summed E-state index contributed by atoms with van der Waals surface area (Å²) < 4.78 is 23.2. The molecule has 6 rings (SSSR count). The highest BCUT2D eigenvalue weighted by Gasteiger charge is 2.30. The van der Waals surface area contributed by atoms with Crippen LogP contribution in [0.1, 0.15) is 28.2 Å². The van der Waals surface area contributed by atoms with Crippen LogP contribution in [0.4, 0.5) is 0 Å². The number of phenols is 1. The van der Waals surface area contributed by atoms with Crippen molar-refractivity contribution in [2.75, 3.05) is 20.8 Å². The Labute approximate surface area is 225 Å². The predicted octanol–water partition coefficient (Wildman–Crippen LogP) is 5.75. The minimum absolute atomic E-state index is 0.0323. The van der Waals surface area contributed by atoms with E-state index < -0.39 is 5.78 Å². The fourth-order valence-corrected chi connectivity index (χ4v) is 5.16. The van der Waals surface area contributed by atoms with E-state index in [-0.39, 0.29) is 17.4 Å². The zero-order valence-electron chi connectivity index (χ0n) is 21.4. The first kappa shape index (κ1) is 24.4. The molecule has 0 fully saturated rings. The molecule has 2 N–H and O–H groups in total. The lowest BCUT2D eigenvalue weighted by molar-refractivity contribution is -0.113. The summed E-state index contributed by atoms with van der Waals surface area (Å²) in [6.45, 7) is 0.399. The molecule has 3 aromatic carbocycles. The number of hydrogen-bond donors (Lipinski definition) is 2. The molecule has 0 amide bonds. The first-order valence-corrected chi connectivity index (χ1v) is 12.5. The van der Waals surface area contributed by atoms with Crippen molar-refractivity contribution in [1.82, 2.24) is 0 Å². The standard InChI is InChI=1S/C32H26O7/c1-36-21-8-9-22(26(33)12-21)20-10-19-11-24-23(18-6-4-3-5-7-18)14-31(39-32(24)16-29(19)38-17-20)25-13-27(34)28(35)15-30(25)37-2/h3-9,11-16,20,33-34H,10,17H2,1-2H3. The summed E-state index contributed by atoms with van der Waals surface area (Å²) in [5.41, 5.74) is 5.04. The first-order chi connectivity index (χ1) is 18.9.